The lowest BCUT2D eigenvalue weighted by atomic mass is 9.85. The van der Waals surface area contributed by atoms with Crippen molar-refractivity contribution in [1.82, 2.24) is 14.8 Å². The lowest BCUT2D eigenvalue weighted by molar-refractivity contribution is -0.141. The van der Waals surface area contributed by atoms with E-state index < -0.39 is 23.7 Å². The Balaban J connectivity index is 1.66. The van der Waals surface area contributed by atoms with Gasteiger partial charge in [0.1, 0.15) is 11.7 Å². The van der Waals surface area contributed by atoms with Crippen molar-refractivity contribution in [3.8, 4) is 5.75 Å². The molecule has 3 heterocycles. The van der Waals surface area contributed by atoms with E-state index in [0.29, 0.717) is 43.2 Å². The molecule has 0 aliphatic carbocycles. The average Bonchev–Trinajstić information content (AvgIpc) is 3.08. The number of methoxy groups -OCH3 is 1. The second-order valence-electron chi connectivity index (χ2n) is 8.06. The first-order valence-corrected chi connectivity index (χ1v) is 10.7. The summed E-state index contributed by atoms with van der Waals surface area (Å²) in [5.74, 6) is -2.08. The number of hydrogen-bond acceptors (Lipinski definition) is 7. The van der Waals surface area contributed by atoms with Gasteiger partial charge in [-0.05, 0) is 48.4 Å². The number of aryl methyl sites for hydroxylation is 1. The van der Waals surface area contributed by atoms with Crippen molar-refractivity contribution >= 4 is 17.5 Å². The number of pyridine rings is 1. The van der Waals surface area contributed by atoms with Gasteiger partial charge in [0.15, 0.2) is 5.78 Å². The number of morpholine rings is 1. The Labute approximate surface area is 187 Å². The quantitative estimate of drug-likeness (QED) is 0.370. The summed E-state index contributed by atoms with van der Waals surface area (Å²) < 4.78 is 10.6. The minimum atomic E-state index is -1.10. The first kappa shape index (κ1) is 22.1. The number of carbonyl (C=O) groups excluding carboxylic acids is 3. The van der Waals surface area contributed by atoms with Crippen LogP contribution in [-0.4, -0.2) is 78.8 Å². The molecular weight excluding hydrogens is 410 g/mol. The van der Waals surface area contributed by atoms with E-state index in [-0.39, 0.29) is 5.78 Å². The number of aromatic nitrogens is 1. The standard InChI is InChI=1S/C24H27N3O5/c1-16-15-18(31-2)3-4-19(16)22(28)20-21(17-5-7-25-8-6-17)27(24(30)23(20)29)10-9-26-11-13-32-14-12-26/h3-8,15,20-21H,9-14H2,1-2H3. The molecule has 2 fully saturated rings. The van der Waals surface area contributed by atoms with Gasteiger partial charge in [-0.1, -0.05) is 0 Å². The van der Waals surface area contributed by atoms with Crippen molar-refractivity contribution in [3.63, 3.8) is 0 Å². The number of ether oxygens (including phenoxy) is 2. The predicted octanol–water partition coefficient (Wildman–Crippen LogP) is 1.68. The van der Waals surface area contributed by atoms with Crippen LogP contribution >= 0.6 is 0 Å². The molecule has 0 N–H and O–H groups in total. The fourth-order valence-corrected chi connectivity index (χ4v) is 4.44. The molecule has 8 nitrogen and oxygen atoms in total. The number of rotatable bonds is 7. The molecule has 1 amide bonds. The molecule has 1 aromatic heterocycles. The zero-order chi connectivity index (χ0) is 22.7. The summed E-state index contributed by atoms with van der Waals surface area (Å²) in [6.07, 6.45) is 3.23. The van der Waals surface area contributed by atoms with E-state index >= 15 is 0 Å². The van der Waals surface area contributed by atoms with Crippen LogP contribution in [0.5, 0.6) is 5.75 Å². The van der Waals surface area contributed by atoms with Crippen molar-refractivity contribution in [2.24, 2.45) is 5.92 Å². The Morgan fingerprint density at radius 3 is 2.50 bits per heavy atom. The maximum absolute atomic E-state index is 13.6. The minimum absolute atomic E-state index is 0.348. The first-order chi connectivity index (χ1) is 15.5. The second-order valence-corrected chi connectivity index (χ2v) is 8.06. The molecule has 4 rings (SSSR count). The van der Waals surface area contributed by atoms with Crippen LogP contribution in [0.3, 0.4) is 0 Å². The van der Waals surface area contributed by atoms with Crippen LogP contribution in [0.1, 0.15) is 27.5 Å². The van der Waals surface area contributed by atoms with Crippen LogP contribution in [-0.2, 0) is 14.3 Å². The summed E-state index contributed by atoms with van der Waals surface area (Å²) in [5.41, 5.74) is 1.85. The molecule has 2 aromatic rings. The normalized spacial score (nSPS) is 21.8. The van der Waals surface area contributed by atoms with Gasteiger partial charge >= 0.3 is 0 Å². The second kappa shape index (κ2) is 9.58. The number of Topliss-reactive ketones (excluding diaryl/α,β-unsaturated/α-hetero) is 2. The molecule has 1 aromatic carbocycles. The van der Waals surface area contributed by atoms with Gasteiger partial charge in [0.2, 0.25) is 5.78 Å². The number of amides is 1. The Hall–Kier alpha value is -3.10. The van der Waals surface area contributed by atoms with E-state index in [2.05, 4.69) is 9.88 Å². The number of benzene rings is 1. The molecular formula is C24H27N3O5. The number of ketones is 2. The molecule has 2 atom stereocenters. The zero-order valence-electron chi connectivity index (χ0n) is 18.3. The molecule has 2 unspecified atom stereocenters. The third-order valence-electron chi connectivity index (χ3n) is 6.20. The minimum Gasteiger partial charge on any atom is -0.497 e. The number of nitrogens with zero attached hydrogens (tertiary/aromatic N) is 3. The molecule has 2 saturated heterocycles. The van der Waals surface area contributed by atoms with Gasteiger partial charge in [-0.15, -0.1) is 0 Å². The van der Waals surface area contributed by atoms with Gasteiger partial charge in [0.05, 0.1) is 26.4 Å². The Morgan fingerprint density at radius 2 is 1.84 bits per heavy atom. The molecule has 168 valence electrons. The summed E-state index contributed by atoms with van der Waals surface area (Å²) in [5, 5.41) is 0. The van der Waals surface area contributed by atoms with Crippen LogP contribution < -0.4 is 4.74 Å². The fourth-order valence-electron chi connectivity index (χ4n) is 4.44. The maximum atomic E-state index is 13.6. The monoisotopic (exact) mass is 437 g/mol. The SMILES string of the molecule is COc1ccc(C(=O)C2C(=O)C(=O)N(CCN3CCOCC3)C2c2ccncc2)c(C)c1. The van der Waals surface area contributed by atoms with E-state index in [9.17, 15) is 14.4 Å². The highest BCUT2D eigenvalue weighted by Crippen LogP contribution is 2.38. The summed E-state index contributed by atoms with van der Waals surface area (Å²) in [4.78, 5) is 47.5. The molecule has 0 saturated carbocycles. The molecule has 32 heavy (non-hydrogen) atoms. The van der Waals surface area contributed by atoms with Gasteiger partial charge in [-0.3, -0.25) is 24.3 Å². The first-order valence-electron chi connectivity index (χ1n) is 10.7. The Kier molecular flexibility index (Phi) is 6.62. The average molecular weight is 437 g/mol. The van der Waals surface area contributed by atoms with Gasteiger partial charge < -0.3 is 14.4 Å². The van der Waals surface area contributed by atoms with Gasteiger partial charge in [0, 0.05) is 44.1 Å². The van der Waals surface area contributed by atoms with Gasteiger partial charge in [-0.25, -0.2) is 0 Å². The van der Waals surface area contributed by atoms with E-state index in [0.717, 1.165) is 18.7 Å². The maximum Gasteiger partial charge on any atom is 0.291 e. The summed E-state index contributed by atoms with van der Waals surface area (Å²) in [7, 11) is 1.56. The molecule has 0 radical (unpaired) electrons. The zero-order valence-corrected chi connectivity index (χ0v) is 18.3. The van der Waals surface area contributed by atoms with E-state index in [4.69, 9.17) is 9.47 Å². The molecule has 2 aliphatic heterocycles. The predicted molar refractivity (Wildman–Crippen MR) is 117 cm³/mol. The molecule has 2 aliphatic rings. The smallest absolute Gasteiger partial charge is 0.291 e. The summed E-state index contributed by atoms with van der Waals surface area (Å²) >= 11 is 0. The fraction of sp³-hybridized carbons (Fsp3) is 0.417. The Bertz CT molecular complexity index is 1000. The molecule has 0 bridgehead atoms. The number of hydrogen-bond donors (Lipinski definition) is 0. The van der Waals surface area contributed by atoms with Crippen molar-refractivity contribution in [2.75, 3.05) is 46.5 Å². The highest BCUT2D eigenvalue weighted by Gasteiger charge is 2.51. The van der Waals surface area contributed by atoms with E-state index in [1.807, 2.05) is 0 Å². The highest BCUT2D eigenvalue weighted by molar-refractivity contribution is 6.44. The van der Waals surface area contributed by atoms with Crippen LogP contribution in [0.15, 0.2) is 42.7 Å². The largest absolute Gasteiger partial charge is 0.497 e. The van der Waals surface area contributed by atoms with Crippen molar-refractivity contribution in [1.29, 1.82) is 0 Å². The molecule has 0 spiro atoms. The highest BCUT2D eigenvalue weighted by atomic mass is 16.5. The topological polar surface area (TPSA) is 89.0 Å². The van der Waals surface area contributed by atoms with E-state index in [1.165, 1.54) is 0 Å². The summed E-state index contributed by atoms with van der Waals surface area (Å²) in [6, 6.07) is 7.98. The third kappa shape index (κ3) is 4.28. The lowest BCUT2D eigenvalue weighted by Crippen LogP contribution is -2.42. The molecule has 8 heteroatoms. The summed E-state index contributed by atoms with van der Waals surface area (Å²) in [6.45, 7) is 5.65. The van der Waals surface area contributed by atoms with Crippen LogP contribution in [0.25, 0.3) is 0 Å². The third-order valence-corrected chi connectivity index (χ3v) is 6.20. The van der Waals surface area contributed by atoms with Crippen LogP contribution in [0, 0.1) is 12.8 Å². The number of likely N-dealkylation sites (tertiary alicyclic amines) is 1. The van der Waals surface area contributed by atoms with Crippen LogP contribution in [0.4, 0.5) is 0 Å². The van der Waals surface area contributed by atoms with Crippen molar-refractivity contribution in [2.45, 2.75) is 13.0 Å². The number of carbonyl (C=O) groups is 3. The van der Waals surface area contributed by atoms with Crippen molar-refractivity contribution in [3.05, 3.63) is 59.4 Å². The van der Waals surface area contributed by atoms with Crippen LogP contribution in [0.2, 0.25) is 0 Å². The van der Waals surface area contributed by atoms with Gasteiger partial charge in [0.25, 0.3) is 5.91 Å². The van der Waals surface area contributed by atoms with E-state index in [1.54, 1.807) is 61.7 Å². The van der Waals surface area contributed by atoms with Crippen molar-refractivity contribution < 1.29 is 23.9 Å². The lowest BCUT2D eigenvalue weighted by Gasteiger charge is -2.31. The van der Waals surface area contributed by atoms with Gasteiger partial charge in [-0.2, -0.15) is 0 Å². The Morgan fingerprint density at radius 1 is 1.12 bits per heavy atom.